The topological polar surface area (TPSA) is 139 Å². The number of rotatable bonds is 8. The van der Waals surface area contributed by atoms with Gasteiger partial charge in [-0.05, 0) is 38.1 Å². The molecule has 0 fully saturated rings. The zero-order valence-electron chi connectivity index (χ0n) is 16.1. The Labute approximate surface area is 165 Å². The number of carbonyl (C=O) groups is 4. The molecule has 0 aliphatic rings. The molecule has 0 atom stereocenters. The second-order valence-electron chi connectivity index (χ2n) is 5.50. The highest BCUT2D eigenvalue weighted by Gasteiger charge is 2.28. The Hall–Kier alpha value is -3.76. The SMILES string of the molecule is CCOC(=O)c1nnn(CC(=O)Nc2ccc(C(=O)OC)cc2)c1C(=O)OCC. The third-order valence-electron chi connectivity index (χ3n) is 3.56. The van der Waals surface area contributed by atoms with Gasteiger partial charge in [-0.15, -0.1) is 5.10 Å². The van der Waals surface area contributed by atoms with Crippen molar-refractivity contribution >= 4 is 29.5 Å². The molecular weight excluding hydrogens is 384 g/mol. The molecule has 1 N–H and O–H groups in total. The first-order chi connectivity index (χ1) is 13.9. The fourth-order valence-electron chi connectivity index (χ4n) is 2.31. The van der Waals surface area contributed by atoms with Crippen molar-refractivity contribution in [1.82, 2.24) is 15.0 Å². The molecule has 11 heteroatoms. The van der Waals surface area contributed by atoms with Crippen LogP contribution in [-0.2, 0) is 25.5 Å². The first-order valence-electron chi connectivity index (χ1n) is 8.67. The second kappa shape index (κ2) is 9.97. The lowest BCUT2D eigenvalue weighted by molar-refractivity contribution is -0.117. The minimum atomic E-state index is -0.851. The van der Waals surface area contributed by atoms with Crippen LogP contribution in [0.25, 0.3) is 0 Å². The van der Waals surface area contributed by atoms with Crippen molar-refractivity contribution in [2.45, 2.75) is 20.4 Å². The Bertz CT molecular complexity index is 905. The number of nitrogens with zero attached hydrogens (tertiary/aromatic N) is 3. The summed E-state index contributed by atoms with van der Waals surface area (Å²) in [4.78, 5) is 48.0. The van der Waals surface area contributed by atoms with Crippen LogP contribution < -0.4 is 5.32 Å². The fraction of sp³-hybridized carbons (Fsp3) is 0.333. The molecular formula is C18H20N4O7. The number of hydrogen-bond acceptors (Lipinski definition) is 9. The van der Waals surface area contributed by atoms with Crippen molar-refractivity contribution in [3.05, 3.63) is 41.2 Å². The minimum Gasteiger partial charge on any atom is -0.465 e. The van der Waals surface area contributed by atoms with E-state index in [-0.39, 0.29) is 24.6 Å². The Morgan fingerprint density at radius 2 is 1.59 bits per heavy atom. The third-order valence-corrected chi connectivity index (χ3v) is 3.56. The molecule has 1 aromatic carbocycles. The number of hydrogen-bond donors (Lipinski definition) is 1. The number of anilines is 1. The molecule has 2 rings (SSSR count). The Kier molecular flexibility index (Phi) is 7.40. The molecule has 11 nitrogen and oxygen atoms in total. The zero-order chi connectivity index (χ0) is 21.4. The van der Waals surface area contributed by atoms with Gasteiger partial charge in [0.1, 0.15) is 6.54 Å². The van der Waals surface area contributed by atoms with E-state index in [0.29, 0.717) is 11.3 Å². The Morgan fingerprint density at radius 3 is 2.17 bits per heavy atom. The van der Waals surface area contributed by atoms with Gasteiger partial charge in [0.2, 0.25) is 11.6 Å². The number of methoxy groups -OCH3 is 1. The summed E-state index contributed by atoms with van der Waals surface area (Å²) in [5.74, 6) is -2.74. The van der Waals surface area contributed by atoms with Gasteiger partial charge < -0.3 is 19.5 Å². The van der Waals surface area contributed by atoms with Crippen molar-refractivity contribution in [1.29, 1.82) is 0 Å². The van der Waals surface area contributed by atoms with Crippen LogP contribution in [0.2, 0.25) is 0 Å². The molecule has 2 aromatic rings. The fourth-order valence-corrected chi connectivity index (χ4v) is 2.31. The number of esters is 3. The molecule has 0 aliphatic heterocycles. The summed E-state index contributed by atoms with van der Waals surface area (Å²) >= 11 is 0. The van der Waals surface area contributed by atoms with Gasteiger partial charge in [0.15, 0.2) is 5.69 Å². The summed E-state index contributed by atoms with van der Waals surface area (Å²) in [5.41, 5.74) is 0.124. The number of nitrogens with one attached hydrogen (secondary N) is 1. The van der Waals surface area contributed by atoms with Crippen LogP contribution in [-0.4, -0.2) is 59.1 Å². The van der Waals surface area contributed by atoms with Crippen LogP contribution in [0.5, 0.6) is 0 Å². The predicted molar refractivity (Wildman–Crippen MR) is 98.3 cm³/mol. The molecule has 0 aliphatic carbocycles. The molecule has 0 saturated carbocycles. The average molecular weight is 404 g/mol. The molecule has 0 saturated heterocycles. The summed E-state index contributed by atoms with van der Waals surface area (Å²) in [5, 5.41) is 9.93. The predicted octanol–water partition coefficient (Wildman–Crippen LogP) is 1.06. The lowest BCUT2D eigenvalue weighted by Crippen LogP contribution is -2.24. The maximum absolute atomic E-state index is 12.3. The quantitative estimate of drug-likeness (QED) is 0.505. The van der Waals surface area contributed by atoms with Crippen molar-refractivity contribution in [3.8, 4) is 0 Å². The van der Waals surface area contributed by atoms with Crippen LogP contribution in [0.15, 0.2) is 24.3 Å². The minimum absolute atomic E-state index is 0.0605. The maximum Gasteiger partial charge on any atom is 0.361 e. The monoisotopic (exact) mass is 404 g/mol. The van der Waals surface area contributed by atoms with E-state index in [9.17, 15) is 19.2 Å². The summed E-state index contributed by atoms with van der Waals surface area (Å²) in [6, 6.07) is 6.00. The lowest BCUT2D eigenvalue weighted by Gasteiger charge is -2.08. The Morgan fingerprint density at radius 1 is 0.966 bits per heavy atom. The highest BCUT2D eigenvalue weighted by molar-refractivity contribution is 6.01. The van der Waals surface area contributed by atoms with Gasteiger partial charge in [0, 0.05) is 5.69 Å². The number of aromatic nitrogens is 3. The summed E-state index contributed by atoms with van der Waals surface area (Å²) in [6.07, 6.45) is 0. The van der Waals surface area contributed by atoms with Gasteiger partial charge in [0.05, 0.1) is 25.9 Å². The van der Waals surface area contributed by atoms with Crippen LogP contribution in [0.3, 0.4) is 0 Å². The normalized spacial score (nSPS) is 10.2. The zero-order valence-corrected chi connectivity index (χ0v) is 16.1. The van der Waals surface area contributed by atoms with Gasteiger partial charge in [-0.3, -0.25) is 4.79 Å². The first kappa shape index (κ1) is 21.5. The van der Waals surface area contributed by atoms with Crippen molar-refractivity contribution in [2.24, 2.45) is 0 Å². The van der Waals surface area contributed by atoms with Crippen LogP contribution in [0.4, 0.5) is 5.69 Å². The smallest absolute Gasteiger partial charge is 0.361 e. The van der Waals surface area contributed by atoms with Crippen molar-refractivity contribution in [2.75, 3.05) is 25.6 Å². The molecule has 0 spiro atoms. The van der Waals surface area contributed by atoms with E-state index in [1.165, 1.54) is 31.4 Å². The molecule has 154 valence electrons. The van der Waals surface area contributed by atoms with Crippen LogP contribution in [0.1, 0.15) is 45.2 Å². The first-order valence-corrected chi connectivity index (χ1v) is 8.67. The van der Waals surface area contributed by atoms with Crippen molar-refractivity contribution < 1.29 is 33.4 Å². The molecule has 1 aromatic heterocycles. The largest absolute Gasteiger partial charge is 0.465 e. The number of carbonyl (C=O) groups excluding carboxylic acids is 4. The molecule has 1 heterocycles. The number of ether oxygens (including phenoxy) is 3. The van der Waals surface area contributed by atoms with E-state index in [0.717, 1.165) is 4.68 Å². The van der Waals surface area contributed by atoms with E-state index in [1.54, 1.807) is 13.8 Å². The van der Waals surface area contributed by atoms with Crippen LogP contribution in [0, 0.1) is 0 Å². The molecule has 29 heavy (non-hydrogen) atoms. The van der Waals surface area contributed by atoms with E-state index in [4.69, 9.17) is 9.47 Å². The molecule has 0 bridgehead atoms. The molecule has 1 amide bonds. The third kappa shape index (κ3) is 5.37. The number of amides is 1. The van der Waals surface area contributed by atoms with E-state index >= 15 is 0 Å². The van der Waals surface area contributed by atoms with Gasteiger partial charge in [0.25, 0.3) is 0 Å². The van der Waals surface area contributed by atoms with Gasteiger partial charge in [-0.2, -0.15) is 0 Å². The number of benzene rings is 1. The second-order valence-corrected chi connectivity index (χ2v) is 5.50. The molecule has 0 unspecified atom stereocenters. The van der Waals surface area contributed by atoms with E-state index < -0.39 is 30.4 Å². The highest BCUT2D eigenvalue weighted by atomic mass is 16.5. The standard InChI is InChI=1S/C18H20N4O7/c1-4-28-17(25)14-15(18(26)29-5-2)22(21-20-14)10-13(23)19-12-8-6-11(7-9-12)16(24)27-3/h6-9H,4-5,10H2,1-3H3,(H,19,23). The van der Waals surface area contributed by atoms with Crippen molar-refractivity contribution in [3.63, 3.8) is 0 Å². The average Bonchev–Trinajstić information content (AvgIpc) is 3.12. The summed E-state index contributed by atoms with van der Waals surface area (Å²) in [6.45, 7) is 2.94. The summed E-state index contributed by atoms with van der Waals surface area (Å²) in [7, 11) is 1.27. The van der Waals surface area contributed by atoms with Gasteiger partial charge in [-0.25, -0.2) is 19.1 Å². The van der Waals surface area contributed by atoms with E-state index in [2.05, 4.69) is 20.4 Å². The maximum atomic E-state index is 12.3. The Balaban J connectivity index is 2.17. The highest BCUT2D eigenvalue weighted by Crippen LogP contribution is 2.13. The summed E-state index contributed by atoms with van der Waals surface area (Å²) < 4.78 is 15.3. The van der Waals surface area contributed by atoms with Crippen LogP contribution >= 0.6 is 0 Å². The molecule has 0 radical (unpaired) electrons. The van der Waals surface area contributed by atoms with Gasteiger partial charge >= 0.3 is 17.9 Å². The lowest BCUT2D eigenvalue weighted by atomic mass is 10.2. The van der Waals surface area contributed by atoms with E-state index in [1.807, 2.05) is 0 Å². The van der Waals surface area contributed by atoms with Gasteiger partial charge in [-0.1, -0.05) is 5.21 Å².